The number of hydrogen-bond donors (Lipinski definition) is 2. The predicted octanol–water partition coefficient (Wildman–Crippen LogP) is -0.389. The van der Waals surface area contributed by atoms with Crippen molar-refractivity contribution in [1.82, 2.24) is 10.2 Å². The first-order chi connectivity index (χ1) is 5.72. The first kappa shape index (κ1) is 9.89. The van der Waals surface area contributed by atoms with Gasteiger partial charge in [0.05, 0.1) is 6.61 Å². The Labute approximate surface area is 72.6 Å². The summed E-state index contributed by atoms with van der Waals surface area (Å²) < 4.78 is 12.7. The Balaban J connectivity index is 2.14. The molecule has 0 bridgehead atoms. The Bertz CT molecular complexity index is 134. The zero-order valence-corrected chi connectivity index (χ0v) is 7.46. The molecule has 1 saturated heterocycles. The number of aliphatic hydroxyl groups is 1. The second-order valence-electron chi connectivity index (χ2n) is 3.42. The van der Waals surface area contributed by atoms with Gasteiger partial charge in [0.15, 0.2) is 0 Å². The molecule has 1 aliphatic heterocycles. The van der Waals surface area contributed by atoms with Crippen LogP contribution in [-0.2, 0) is 0 Å². The topological polar surface area (TPSA) is 35.5 Å². The highest BCUT2D eigenvalue weighted by Crippen LogP contribution is 2.10. The van der Waals surface area contributed by atoms with Gasteiger partial charge in [0, 0.05) is 25.7 Å². The van der Waals surface area contributed by atoms with Gasteiger partial charge >= 0.3 is 0 Å². The lowest BCUT2D eigenvalue weighted by Gasteiger charge is -2.19. The van der Waals surface area contributed by atoms with E-state index in [-0.39, 0.29) is 12.6 Å². The Morgan fingerprint density at radius 3 is 2.92 bits per heavy atom. The monoisotopic (exact) mass is 176 g/mol. The van der Waals surface area contributed by atoms with E-state index in [1.165, 1.54) is 0 Å². The van der Waals surface area contributed by atoms with E-state index in [1.54, 1.807) is 0 Å². The van der Waals surface area contributed by atoms with Crippen LogP contribution in [0.2, 0.25) is 0 Å². The highest BCUT2D eigenvalue weighted by molar-refractivity contribution is 4.83. The van der Waals surface area contributed by atoms with Crippen molar-refractivity contribution in [1.29, 1.82) is 0 Å². The van der Waals surface area contributed by atoms with Crippen molar-refractivity contribution in [2.24, 2.45) is 0 Å². The summed E-state index contributed by atoms with van der Waals surface area (Å²) in [5.41, 5.74) is 0. The normalized spacial score (nSPS) is 30.0. The summed E-state index contributed by atoms with van der Waals surface area (Å²) in [5, 5.41) is 11.7. The third kappa shape index (κ3) is 3.05. The van der Waals surface area contributed by atoms with Crippen LogP contribution in [0.4, 0.5) is 4.39 Å². The SMILES string of the molecule is CN(CCO)CC1CC(F)CN1. The molecule has 2 N–H and O–H groups in total. The average Bonchev–Trinajstić information content (AvgIpc) is 2.36. The number of likely N-dealkylation sites (N-methyl/N-ethyl adjacent to an activating group) is 1. The zero-order chi connectivity index (χ0) is 8.97. The molecular weight excluding hydrogens is 159 g/mol. The number of nitrogens with zero attached hydrogens (tertiary/aromatic N) is 1. The predicted molar refractivity (Wildman–Crippen MR) is 45.9 cm³/mol. The van der Waals surface area contributed by atoms with Crippen molar-refractivity contribution in [3.05, 3.63) is 0 Å². The van der Waals surface area contributed by atoms with E-state index in [0.717, 1.165) is 6.54 Å². The molecule has 4 heteroatoms. The lowest BCUT2D eigenvalue weighted by atomic mass is 10.2. The van der Waals surface area contributed by atoms with Gasteiger partial charge in [-0.2, -0.15) is 0 Å². The van der Waals surface area contributed by atoms with E-state index in [9.17, 15) is 4.39 Å². The maximum absolute atomic E-state index is 12.7. The van der Waals surface area contributed by atoms with Crippen LogP contribution in [0.15, 0.2) is 0 Å². The Morgan fingerprint density at radius 2 is 2.42 bits per heavy atom. The van der Waals surface area contributed by atoms with E-state index < -0.39 is 6.17 Å². The molecule has 0 aliphatic carbocycles. The largest absolute Gasteiger partial charge is 0.395 e. The van der Waals surface area contributed by atoms with Crippen LogP contribution in [0, 0.1) is 0 Å². The molecule has 0 spiro atoms. The van der Waals surface area contributed by atoms with Gasteiger partial charge in [-0.1, -0.05) is 0 Å². The standard InChI is InChI=1S/C8H17FN2O/c1-11(2-3-12)6-8-4-7(9)5-10-8/h7-8,10,12H,2-6H2,1H3. The molecular formula is C8H17FN2O. The van der Waals surface area contributed by atoms with Crippen LogP contribution in [0.5, 0.6) is 0 Å². The molecule has 0 radical (unpaired) electrons. The van der Waals surface area contributed by atoms with Gasteiger partial charge in [-0.05, 0) is 13.5 Å². The Kier molecular flexibility index (Phi) is 3.91. The number of rotatable bonds is 4. The van der Waals surface area contributed by atoms with Crippen molar-refractivity contribution in [3.63, 3.8) is 0 Å². The number of hydrogen-bond acceptors (Lipinski definition) is 3. The summed E-state index contributed by atoms with van der Waals surface area (Å²) in [5.74, 6) is 0. The minimum absolute atomic E-state index is 0.169. The lowest BCUT2D eigenvalue weighted by Crippen LogP contribution is -2.36. The first-order valence-electron chi connectivity index (χ1n) is 4.39. The highest BCUT2D eigenvalue weighted by atomic mass is 19.1. The van der Waals surface area contributed by atoms with Gasteiger partial charge in [0.2, 0.25) is 0 Å². The average molecular weight is 176 g/mol. The molecule has 1 rings (SSSR count). The van der Waals surface area contributed by atoms with Crippen LogP contribution < -0.4 is 5.32 Å². The van der Waals surface area contributed by atoms with Gasteiger partial charge in [-0.15, -0.1) is 0 Å². The highest BCUT2D eigenvalue weighted by Gasteiger charge is 2.23. The van der Waals surface area contributed by atoms with E-state index >= 15 is 0 Å². The fraction of sp³-hybridized carbons (Fsp3) is 1.00. The molecule has 0 aromatic rings. The third-order valence-corrected chi connectivity index (χ3v) is 2.18. The van der Waals surface area contributed by atoms with Gasteiger partial charge < -0.3 is 15.3 Å². The van der Waals surface area contributed by atoms with Crippen LogP contribution in [-0.4, -0.2) is 55.5 Å². The molecule has 1 heterocycles. The molecule has 0 saturated carbocycles. The van der Waals surface area contributed by atoms with Crippen molar-refractivity contribution in [2.45, 2.75) is 18.6 Å². The van der Waals surface area contributed by atoms with Crippen molar-refractivity contribution in [2.75, 3.05) is 33.3 Å². The first-order valence-corrected chi connectivity index (χ1v) is 4.39. The van der Waals surface area contributed by atoms with Crippen molar-refractivity contribution >= 4 is 0 Å². The summed E-state index contributed by atoms with van der Waals surface area (Å²) in [6.07, 6.45) is -0.0759. The smallest absolute Gasteiger partial charge is 0.114 e. The fourth-order valence-electron chi connectivity index (χ4n) is 1.55. The second kappa shape index (κ2) is 4.74. The van der Waals surface area contributed by atoms with Crippen LogP contribution in [0.1, 0.15) is 6.42 Å². The van der Waals surface area contributed by atoms with E-state index in [0.29, 0.717) is 19.5 Å². The lowest BCUT2D eigenvalue weighted by molar-refractivity contribution is 0.210. The maximum Gasteiger partial charge on any atom is 0.114 e. The quantitative estimate of drug-likeness (QED) is 0.612. The number of nitrogens with one attached hydrogen (secondary N) is 1. The molecule has 2 unspecified atom stereocenters. The molecule has 72 valence electrons. The maximum atomic E-state index is 12.7. The molecule has 0 aromatic heterocycles. The van der Waals surface area contributed by atoms with E-state index in [4.69, 9.17) is 5.11 Å². The van der Waals surface area contributed by atoms with Crippen molar-refractivity contribution in [3.8, 4) is 0 Å². The summed E-state index contributed by atoms with van der Waals surface area (Å²) in [6.45, 7) is 2.13. The third-order valence-electron chi connectivity index (χ3n) is 2.18. The zero-order valence-electron chi connectivity index (χ0n) is 7.46. The molecule has 0 aromatic carbocycles. The summed E-state index contributed by atoms with van der Waals surface area (Å²) in [4.78, 5) is 2.01. The van der Waals surface area contributed by atoms with E-state index in [1.807, 2.05) is 11.9 Å². The number of halogens is 1. The van der Waals surface area contributed by atoms with Crippen LogP contribution in [0.25, 0.3) is 0 Å². The summed E-state index contributed by atoms with van der Waals surface area (Å²) in [6, 6.07) is 0.261. The second-order valence-corrected chi connectivity index (χ2v) is 3.42. The fourth-order valence-corrected chi connectivity index (χ4v) is 1.55. The minimum atomic E-state index is -0.683. The van der Waals surface area contributed by atoms with Gasteiger partial charge in [0.25, 0.3) is 0 Å². The minimum Gasteiger partial charge on any atom is -0.395 e. The number of aliphatic hydroxyl groups excluding tert-OH is 1. The summed E-state index contributed by atoms with van der Waals surface area (Å²) in [7, 11) is 1.93. The van der Waals surface area contributed by atoms with Crippen molar-refractivity contribution < 1.29 is 9.50 Å². The molecule has 1 aliphatic rings. The molecule has 2 atom stereocenters. The Hall–Kier alpha value is -0.190. The van der Waals surface area contributed by atoms with Gasteiger partial charge in [0.1, 0.15) is 6.17 Å². The van der Waals surface area contributed by atoms with E-state index in [2.05, 4.69) is 5.32 Å². The van der Waals surface area contributed by atoms with Gasteiger partial charge in [-0.25, -0.2) is 4.39 Å². The Morgan fingerprint density at radius 1 is 1.67 bits per heavy atom. The van der Waals surface area contributed by atoms with Gasteiger partial charge in [-0.3, -0.25) is 0 Å². The summed E-state index contributed by atoms with van der Waals surface area (Å²) >= 11 is 0. The molecule has 1 fully saturated rings. The number of alkyl halides is 1. The van der Waals surface area contributed by atoms with Crippen LogP contribution >= 0.6 is 0 Å². The van der Waals surface area contributed by atoms with Crippen LogP contribution in [0.3, 0.4) is 0 Å². The molecule has 3 nitrogen and oxygen atoms in total. The molecule has 12 heavy (non-hydrogen) atoms. The molecule has 0 amide bonds.